The molecule has 4 aromatic rings. The fraction of sp³-hybridized carbons (Fsp3) is 0.250. The number of pyridine rings is 1. The lowest BCUT2D eigenvalue weighted by Crippen LogP contribution is -2.37. The molecule has 2 aromatic heterocycles. The number of hydrogen-bond acceptors (Lipinski definition) is 8. The largest absolute Gasteiger partial charge is 0.435 e. The Morgan fingerprint density at radius 2 is 1.73 bits per heavy atom. The summed E-state index contributed by atoms with van der Waals surface area (Å²) in [6.45, 7) is 1.96. The van der Waals surface area contributed by atoms with Gasteiger partial charge in [-0.1, -0.05) is 36.4 Å². The molecule has 1 unspecified atom stereocenters. The van der Waals surface area contributed by atoms with Crippen molar-refractivity contribution >= 4 is 16.8 Å². The van der Waals surface area contributed by atoms with Crippen LogP contribution in [0.15, 0.2) is 73.1 Å². The molecule has 208 valence electrons. The van der Waals surface area contributed by atoms with E-state index in [1.165, 1.54) is 18.3 Å². The lowest BCUT2D eigenvalue weighted by atomic mass is 9.99. The Morgan fingerprint density at radius 3 is 2.48 bits per heavy atom. The number of ether oxygens (including phenoxy) is 1. The minimum Gasteiger partial charge on any atom is -0.435 e. The maximum atomic E-state index is 15.3. The number of piperidine rings is 1. The minimum atomic E-state index is -3.10. The second-order valence-corrected chi connectivity index (χ2v) is 10.2. The molecule has 1 atom stereocenters. The molecule has 1 aliphatic rings. The van der Waals surface area contributed by atoms with Gasteiger partial charge in [-0.05, 0) is 62.8 Å². The Morgan fingerprint density at radius 1 is 0.950 bits per heavy atom. The molecule has 0 aliphatic carbocycles. The molecular formula is C28H28F2N6O3S. The van der Waals surface area contributed by atoms with Gasteiger partial charge in [-0.15, -0.1) is 0 Å². The number of likely N-dealkylation sites (tertiary alicyclic amines) is 1. The molecule has 0 radical (unpaired) electrons. The van der Waals surface area contributed by atoms with Crippen molar-refractivity contribution in [1.82, 2.24) is 24.6 Å². The Hall–Kier alpha value is -4.00. The van der Waals surface area contributed by atoms with Gasteiger partial charge in [0.15, 0.2) is 11.6 Å². The van der Waals surface area contributed by atoms with E-state index in [1.54, 1.807) is 54.7 Å². The standard InChI is InChI=1S/C28H28F2N6O3S/c1-36-16-12-19(13-17-36)33-28-32-15-11-22(34-28)20-8-5-14-31-27(20)39-23-10-9-21(24(29)25(23)30)26(35-40(37)38)18-6-3-2-4-7-18/h2-11,14-15,19,26,40H,12-13,16-17H2,1H3,(H,32,33,34)(H,35,37,38). The molecule has 0 spiro atoms. The summed E-state index contributed by atoms with van der Waals surface area (Å²) in [5, 5.41) is 3.37. The summed E-state index contributed by atoms with van der Waals surface area (Å²) in [7, 11) is -1.01. The van der Waals surface area contributed by atoms with Crippen LogP contribution < -0.4 is 14.8 Å². The van der Waals surface area contributed by atoms with Gasteiger partial charge in [0, 0.05) is 24.0 Å². The van der Waals surface area contributed by atoms with Crippen molar-refractivity contribution in [1.29, 1.82) is 0 Å². The van der Waals surface area contributed by atoms with Crippen molar-refractivity contribution in [3.63, 3.8) is 0 Å². The number of benzene rings is 2. The molecule has 12 heteroatoms. The molecular weight excluding hydrogens is 538 g/mol. The number of thiol groups is 1. The average molecular weight is 567 g/mol. The van der Waals surface area contributed by atoms with E-state index >= 15 is 8.78 Å². The zero-order valence-electron chi connectivity index (χ0n) is 21.6. The molecule has 0 amide bonds. The zero-order chi connectivity index (χ0) is 28.1. The van der Waals surface area contributed by atoms with E-state index in [2.05, 4.69) is 36.9 Å². The van der Waals surface area contributed by atoms with Crippen LogP contribution in [0.4, 0.5) is 14.7 Å². The predicted molar refractivity (Wildman–Crippen MR) is 148 cm³/mol. The lowest BCUT2D eigenvalue weighted by molar-refractivity contribution is 0.263. The van der Waals surface area contributed by atoms with Crippen LogP contribution in [0.2, 0.25) is 0 Å². The molecule has 5 rings (SSSR count). The van der Waals surface area contributed by atoms with Crippen LogP contribution in [0.1, 0.15) is 30.0 Å². The monoisotopic (exact) mass is 566 g/mol. The highest BCUT2D eigenvalue weighted by Crippen LogP contribution is 2.35. The summed E-state index contributed by atoms with van der Waals surface area (Å²) in [5.41, 5.74) is 1.23. The maximum Gasteiger partial charge on any atom is 0.228 e. The first-order valence-electron chi connectivity index (χ1n) is 12.7. The van der Waals surface area contributed by atoms with Crippen LogP contribution >= 0.6 is 0 Å². The summed E-state index contributed by atoms with van der Waals surface area (Å²) < 4.78 is 61.5. The van der Waals surface area contributed by atoms with E-state index < -0.39 is 34.3 Å². The van der Waals surface area contributed by atoms with Crippen LogP contribution in [0.3, 0.4) is 0 Å². The number of aromatic nitrogens is 3. The van der Waals surface area contributed by atoms with Crippen LogP contribution in [0.25, 0.3) is 11.3 Å². The van der Waals surface area contributed by atoms with E-state index in [9.17, 15) is 8.42 Å². The average Bonchev–Trinajstić information content (AvgIpc) is 2.97. The van der Waals surface area contributed by atoms with Crippen LogP contribution in [-0.4, -0.2) is 54.4 Å². The topological polar surface area (TPSA) is 109 Å². The smallest absolute Gasteiger partial charge is 0.228 e. The zero-order valence-corrected chi connectivity index (χ0v) is 22.5. The Balaban J connectivity index is 1.41. The first-order valence-corrected chi connectivity index (χ1v) is 13.9. The second kappa shape index (κ2) is 12.5. The Labute approximate surface area is 232 Å². The van der Waals surface area contributed by atoms with E-state index in [1.807, 2.05) is 0 Å². The van der Waals surface area contributed by atoms with Gasteiger partial charge in [-0.2, -0.15) is 4.39 Å². The number of hydrogen-bond donors (Lipinski definition) is 3. The first kappa shape index (κ1) is 27.6. The van der Waals surface area contributed by atoms with Gasteiger partial charge in [0.25, 0.3) is 0 Å². The highest BCUT2D eigenvalue weighted by Gasteiger charge is 2.24. The van der Waals surface area contributed by atoms with E-state index in [0.717, 1.165) is 25.9 Å². The lowest BCUT2D eigenvalue weighted by Gasteiger charge is -2.29. The van der Waals surface area contributed by atoms with Gasteiger partial charge < -0.3 is 15.0 Å². The number of rotatable bonds is 9. The van der Waals surface area contributed by atoms with Gasteiger partial charge in [0.1, 0.15) is 0 Å². The summed E-state index contributed by atoms with van der Waals surface area (Å²) >= 11 is 0. The fourth-order valence-electron chi connectivity index (χ4n) is 4.61. The van der Waals surface area contributed by atoms with Crippen LogP contribution in [0.5, 0.6) is 11.6 Å². The van der Waals surface area contributed by atoms with Gasteiger partial charge in [0.2, 0.25) is 28.5 Å². The van der Waals surface area contributed by atoms with Gasteiger partial charge in [-0.25, -0.2) is 32.5 Å². The Kier molecular flexibility index (Phi) is 8.58. The third-order valence-electron chi connectivity index (χ3n) is 6.72. The molecule has 3 heterocycles. The first-order chi connectivity index (χ1) is 19.4. The molecule has 1 aliphatic heterocycles. The maximum absolute atomic E-state index is 15.3. The second-order valence-electron chi connectivity index (χ2n) is 9.46. The summed E-state index contributed by atoms with van der Waals surface area (Å²) in [6, 6.07) is 15.1. The van der Waals surface area contributed by atoms with Gasteiger partial charge in [0.05, 0.1) is 17.3 Å². The highest BCUT2D eigenvalue weighted by atomic mass is 32.2. The molecule has 2 aromatic carbocycles. The summed E-state index contributed by atoms with van der Waals surface area (Å²) in [5.74, 6) is -2.43. The Bertz CT molecular complexity index is 1540. The van der Waals surface area contributed by atoms with Crippen molar-refractivity contribution in [2.24, 2.45) is 0 Å². The highest BCUT2D eigenvalue weighted by molar-refractivity contribution is 7.70. The fourth-order valence-corrected chi connectivity index (χ4v) is 5.11. The number of halogens is 2. The molecule has 40 heavy (non-hydrogen) atoms. The van der Waals surface area contributed by atoms with Crippen molar-refractivity contribution in [3.8, 4) is 22.9 Å². The number of nitrogens with one attached hydrogen (secondary N) is 2. The SMILES string of the molecule is CN1CCC(Nc2nccc(-c3cccnc3Oc3ccc(C(N[SH](=O)=O)c4ccccc4)c(F)c3F)n2)CC1. The summed E-state index contributed by atoms with van der Waals surface area (Å²) in [6.07, 6.45) is 5.03. The molecule has 0 saturated carbocycles. The van der Waals surface area contributed by atoms with Crippen LogP contribution in [-0.2, 0) is 10.9 Å². The van der Waals surface area contributed by atoms with Crippen molar-refractivity contribution < 1.29 is 21.9 Å². The molecule has 9 nitrogen and oxygen atoms in total. The van der Waals surface area contributed by atoms with E-state index in [-0.39, 0.29) is 17.5 Å². The third kappa shape index (κ3) is 6.41. The molecule has 1 saturated heterocycles. The van der Waals surface area contributed by atoms with Crippen molar-refractivity contribution in [2.45, 2.75) is 24.9 Å². The van der Waals surface area contributed by atoms with E-state index in [0.29, 0.717) is 22.8 Å². The molecule has 1 fully saturated rings. The number of nitrogens with zero attached hydrogens (tertiary/aromatic N) is 4. The van der Waals surface area contributed by atoms with Gasteiger partial charge in [-0.3, -0.25) is 0 Å². The van der Waals surface area contributed by atoms with E-state index in [4.69, 9.17) is 4.74 Å². The van der Waals surface area contributed by atoms with Crippen molar-refractivity contribution in [3.05, 3.63) is 95.8 Å². The normalized spacial score (nSPS) is 15.2. The predicted octanol–water partition coefficient (Wildman–Crippen LogP) is 4.32. The van der Waals surface area contributed by atoms with Crippen LogP contribution in [0, 0.1) is 11.6 Å². The molecule has 2 N–H and O–H groups in total. The van der Waals surface area contributed by atoms with Gasteiger partial charge >= 0.3 is 0 Å². The quantitative estimate of drug-likeness (QED) is 0.257. The number of anilines is 1. The minimum absolute atomic E-state index is 0.0258. The third-order valence-corrected chi connectivity index (χ3v) is 7.19. The molecule has 0 bridgehead atoms. The summed E-state index contributed by atoms with van der Waals surface area (Å²) in [4.78, 5) is 15.4. The van der Waals surface area contributed by atoms with Crippen molar-refractivity contribution in [2.75, 3.05) is 25.5 Å².